The summed E-state index contributed by atoms with van der Waals surface area (Å²) in [4.78, 5) is 21.0. The minimum atomic E-state index is -0.0436. The SMILES string of the molecule is N#Cc1ccccc1C(=O)N1CCCN(Cc2ccncc2)CC1. The predicted octanol–water partition coefficient (Wildman–Crippen LogP) is 2.30. The second kappa shape index (κ2) is 7.71. The van der Waals surface area contributed by atoms with E-state index >= 15 is 0 Å². The molecule has 2 aromatic rings. The molecule has 5 heteroatoms. The van der Waals surface area contributed by atoms with Gasteiger partial charge in [0, 0.05) is 45.1 Å². The molecule has 5 nitrogen and oxygen atoms in total. The number of nitriles is 1. The van der Waals surface area contributed by atoms with Crippen LogP contribution in [0.4, 0.5) is 0 Å². The molecule has 1 aromatic carbocycles. The number of pyridine rings is 1. The number of rotatable bonds is 3. The van der Waals surface area contributed by atoms with Gasteiger partial charge in [-0.3, -0.25) is 14.7 Å². The lowest BCUT2D eigenvalue weighted by atomic mass is 10.1. The Bertz CT molecular complexity index is 739. The molecule has 2 heterocycles. The molecule has 1 amide bonds. The Balaban J connectivity index is 1.65. The van der Waals surface area contributed by atoms with E-state index in [4.69, 9.17) is 0 Å². The number of aromatic nitrogens is 1. The van der Waals surface area contributed by atoms with Gasteiger partial charge in [0.25, 0.3) is 5.91 Å². The third kappa shape index (κ3) is 3.79. The summed E-state index contributed by atoms with van der Waals surface area (Å²) in [5.74, 6) is -0.0436. The van der Waals surface area contributed by atoms with Crippen molar-refractivity contribution in [3.8, 4) is 6.07 Å². The van der Waals surface area contributed by atoms with Crippen LogP contribution >= 0.6 is 0 Å². The smallest absolute Gasteiger partial charge is 0.255 e. The number of hydrogen-bond donors (Lipinski definition) is 0. The largest absolute Gasteiger partial charge is 0.337 e. The van der Waals surface area contributed by atoms with E-state index < -0.39 is 0 Å². The normalized spacial score (nSPS) is 15.5. The van der Waals surface area contributed by atoms with Crippen molar-refractivity contribution in [3.63, 3.8) is 0 Å². The molecule has 3 rings (SSSR count). The van der Waals surface area contributed by atoms with Crippen molar-refractivity contribution in [2.45, 2.75) is 13.0 Å². The van der Waals surface area contributed by atoms with Gasteiger partial charge in [-0.25, -0.2) is 0 Å². The second-order valence-electron chi connectivity index (χ2n) is 5.93. The maximum absolute atomic E-state index is 12.7. The molecule has 122 valence electrons. The van der Waals surface area contributed by atoms with E-state index in [2.05, 4.69) is 16.0 Å². The molecule has 0 N–H and O–H groups in total. The first kappa shape index (κ1) is 16.2. The summed E-state index contributed by atoms with van der Waals surface area (Å²) < 4.78 is 0. The van der Waals surface area contributed by atoms with E-state index in [0.717, 1.165) is 32.6 Å². The fourth-order valence-corrected chi connectivity index (χ4v) is 3.02. The van der Waals surface area contributed by atoms with Gasteiger partial charge in [0.1, 0.15) is 0 Å². The highest BCUT2D eigenvalue weighted by atomic mass is 16.2. The Hall–Kier alpha value is -2.71. The van der Waals surface area contributed by atoms with Gasteiger partial charge in [-0.1, -0.05) is 12.1 Å². The van der Waals surface area contributed by atoms with E-state index in [0.29, 0.717) is 17.7 Å². The summed E-state index contributed by atoms with van der Waals surface area (Å²) >= 11 is 0. The molecule has 0 bridgehead atoms. The summed E-state index contributed by atoms with van der Waals surface area (Å²) in [6, 6.07) is 13.2. The molecule has 0 saturated carbocycles. The summed E-state index contributed by atoms with van der Waals surface area (Å²) in [5.41, 5.74) is 2.18. The monoisotopic (exact) mass is 320 g/mol. The Kier molecular flexibility index (Phi) is 5.19. The van der Waals surface area contributed by atoms with Crippen LogP contribution in [-0.4, -0.2) is 46.9 Å². The van der Waals surface area contributed by atoms with Crippen LogP contribution in [-0.2, 0) is 6.54 Å². The lowest BCUT2D eigenvalue weighted by Crippen LogP contribution is -2.35. The summed E-state index contributed by atoms with van der Waals surface area (Å²) in [6.07, 6.45) is 4.55. The fourth-order valence-electron chi connectivity index (χ4n) is 3.02. The average Bonchev–Trinajstić information content (AvgIpc) is 2.87. The van der Waals surface area contributed by atoms with Crippen molar-refractivity contribution in [3.05, 3.63) is 65.5 Å². The molecule has 0 radical (unpaired) electrons. The lowest BCUT2D eigenvalue weighted by molar-refractivity contribution is 0.0761. The Morgan fingerprint density at radius 2 is 1.88 bits per heavy atom. The quantitative estimate of drug-likeness (QED) is 0.870. The highest BCUT2D eigenvalue weighted by molar-refractivity contribution is 5.96. The highest BCUT2D eigenvalue weighted by Crippen LogP contribution is 2.14. The van der Waals surface area contributed by atoms with Crippen molar-refractivity contribution in [2.24, 2.45) is 0 Å². The molecule has 0 aliphatic carbocycles. The van der Waals surface area contributed by atoms with E-state index in [1.807, 2.05) is 35.5 Å². The van der Waals surface area contributed by atoms with Crippen LogP contribution in [0, 0.1) is 11.3 Å². The molecule has 1 aromatic heterocycles. The standard InChI is InChI=1S/C19H20N4O/c20-14-17-4-1-2-5-18(17)19(24)23-11-3-10-22(12-13-23)15-16-6-8-21-9-7-16/h1-2,4-9H,3,10-13,15H2. The van der Waals surface area contributed by atoms with Crippen molar-refractivity contribution in [1.29, 1.82) is 5.26 Å². The van der Waals surface area contributed by atoms with E-state index in [9.17, 15) is 10.1 Å². The van der Waals surface area contributed by atoms with Crippen LogP contribution in [0.25, 0.3) is 0 Å². The van der Waals surface area contributed by atoms with Crippen LogP contribution in [0.2, 0.25) is 0 Å². The van der Waals surface area contributed by atoms with Gasteiger partial charge in [0.05, 0.1) is 17.2 Å². The van der Waals surface area contributed by atoms with Gasteiger partial charge in [-0.2, -0.15) is 5.26 Å². The van der Waals surface area contributed by atoms with Crippen LogP contribution < -0.4 is 0 Å². The molecule has 0 spiro atoms. The molecular weight excluding hydrogens is 300 g/mol. The first-order chi connectivity index (χ1) is 11.8. The zero-order valence-corrected chi connectivity index (χ0v) is 13.6. The molecule has 24 heavy (non-hydrogen) atoms. The fraction of sp³-hybridized carbons (Fsp3) is 0.316. The van der Waals surface area contributed by atoms with Gasteiger partial charge in [0.2, 0.25) is 0 Å². The number of carbonyl (C=O) groups excluding carboxylic acids is 1. The summed E-state index contributed by atoms with van der Waals surface area (Å²) in [6.45, 7) is 4.09. The predicted molar refractivity (Wildman–Crippen MR) is 91.2 cm³/mol. The Labute approximate surface area is 142 Å². The average molecular weight is 320 g/mol. The minimum absolute atomic E-state index is 0.0436. The number of hydrogen-bond acceptors (Lipinski definition) is 4. The number of carbonyl (C=O) groups is 1. The maximum Gasteiger partial charge on any atom is 0.255 e. The van der Waals surface area contributed by atoms with Gasteiger partial charge < -0.3 is 4.90 Å². The third-order valence-corrected chi connectivity index (χ3v) is 4.31. The number of nitrogens with zero attached hydrogens (tertiary/aromatic N) is 4. The molecular formula is C19H20N4O. The molecule has 1 aliphatic rings. The van der Waals surface area contributed by atoms with Crippen molar-refractivity contribution in [1.82, 2.24) is 14.8 Å². The molecule has 1 fully saturated rings. The molecule has 1 aliphatic heterocycles. The molecule has 0 unspecified atom stereocenters. The van der Waals surface area contributed by atoms with E-state index in [1.54, 1.807) is 18.2 Å². The number of amides is 1. The van der Waals surface area contributed by atoms with Crippen LogP contribution in [0.5, 0.6) is 0 Å². The third-order valence-electron chi connectivity index (χ3n) is 4.31. The maximum atomic E-state index is 12.7. The van der Waals surface area contributed by atoms with Gasteiger partial charge in [-0.15, -0.1) is 0 Å². The first-order valence-electron chi connectivity index (χ1n) is 8.17. The lowest BCUT2D eigenvalue weighted by Gasteiger charge is -2.22. The zero-order valence-electron chi connectivity index (χ0n) is 13.6. The zero-order chi connectivity index (χ0) is 16.8. The highest BCUT2D eigenvalue weighted by Gasteiger charge is 2.22. The van der Waals surface area contributed by atoms with Crippen LogP contribution in [0.1, 0.15) is 27.9 Å². The van der Waals surface area contributed by atoms with Crippen LogP contribution in [0.15, 0.2) is 48.8 Å². The number of benzene rings is 1. The van der Waals surface area contributed by atoms with Gasteiger partial charge in [-0.05, 0) is 36.2 Å². The van der Waals surface area contributed by atoms with Crippen molar-refractivity contribution >= 4 is 5.91 Å². The van der Waals surface area contributed by atoms with E-state index in [1.165, 1.54) is 5.56 Å². The Morgan fingerprint density at radius 1 is 1.08 bits per heavy atom. The second-order valence-corrected chi connectivity index (χ2v) is 5.93. The van der Waals surface area contributed by atoms with Crippen molar-refractivity contribution < 1.29 is 4.79 Å². The summed E-state index contributed by atoms with van der Waals surface area (Å²) in [7, 11) is 0. The topological polar surface area (TPSA) is 60.2 Å². The molecule has 0 atom stereocenters. The Morgan fingerprint density at radius 3 is 2.67 bits per heavy atom. The first-order valence-corrected chi connectivity index (χ1v) is 8.17. The van der Waals surface area contributed by atoms with Gasteiger partial charge >= 0.3 is 0 Å². The van der Waals surface area contributed by atoms with Gasteiger partial charge in [0.15, 0.2) is 0 Å². The molecule has 1 saturated heterocycles. The van der Waals surface area contributed by atoms with Crippen molar-refractivity contribution in [2.75, 3.05) is 26.2 Å². The summed E-state index contributed by atoms with van der Waals surface area (Å²) in [5, 5.41) is 9.19. The van der Waals surface area contributed by atoms with E-state index in [-0.39, 0.29) is 5.91 Å². The van der Waals surface area contributed by atoms with Crippen LogP contribution in [0.3, 0.4) is 0 Å². The minimum Gasteiger partial charge on any atom is -0.337 e.